The molecule has 1 amide bonds. The van der Waals surface area contributed by atoms with Crippen LogP contribution in [0.3, 0.4) is 0 Å². The maximum absolute atomic E-state index is 11.9. The molecule has 1 aliphatic heterocycles. The molecule has 0 unspecified atom stereocenters. The summed E-state index contributed by atoms with van der Waals surface area (Å²) in [6, 6.07) is 5.40. The molecule has 0 bridgehead atoms. The summed E-state index contributed by atoms with van der Waals surface area (Å²) in [5.41, 5.74) is -0.583. The molecule has 0 radical (unpaired) electrons. The lowest BCUT2D eigenvalue weighted by molar-refractivity contribution is -0.170. The number of rotatable bonds is 5. The average molecular weight is 335 g/mol. The number of esters is 1. The van der Waals surface area contributed by atoms with Crippen LogP contribution in [0.5, 0.6) is 11.5 Å². The van der Waals surface area contributed by atoms with Crippen LogP contribution in [0.15, 0.2) is 18.2 Å². The standard InChI is InChI=1S/C17H21NO6/c19-15(10-22-16(20)17(21)6-2-1-3-7-17)18-9-12-4-5-13-14(8-12)24-11-23-13/h4-5,8,21H,1-3,6-7,9-11H2,(H,18,19). The van der Waals surface area contributed by atoms with Crippen LogP contribution in [0.2, 0.25) is 0 Å². The number of hydrogen-bond acceptors (Lipinski definition) is 6. The first-order chi connectivity index (χ1) is 11.6. The molecule has 7 heteroatoms. The summed E-state index contributed by atoms with van der Waals surface area (Å²) < 4.78 is 15.5. The summed E-state index contributed by atoms with van der Waals surface area (Å²) in [6.45, 7) is 0.0903. The fraction of sp³-hybridized carbons (Fsp3) is 0.529. The van der Waals surface area contributed by atoms with Crippen LogP contribution in [-0.4, -0.2) is 36.0 Å². The zero-order valence-corrected chi connectivity index (χ0v) is 13.4. The van der Waals surface area contributed by atoms with E-state index in [2.05, 4.69) is 5.32 Å². The molecule has 2 aliphatic rings. The molecule has 1 aromatic rings. The smallest absolute Gasteiger partial charge is 0.338 e. The van der Waals surface area contributed by atoms with Gasteiger partial charge in [0, 0.05) is 6.54 Å². The third-order valence-electron chi connectivity index (χ3n) is 4.32. The molecule has 2 N–H and O–H groups in total. The Morgan fingerprint density at radius 2 is 1.92 bits per heavy atom. The molecule has 1 saturated carbocycles. The van der Waals surface area contributed by atoms with Crippen molar-refractivity contribution in [3.63, 3.8) is 0 Å². The molecule has 24 heavy (non-hydrogen) atoms. The number of carbonyl (C=O) groups is 2. The highest BCUT2D eigenvalue weighted by molar-refractivity contribution is 5.84. The summed E-state index contributed by atoms with van der Waals surface area (Å²) in [6.07, 6.45) is 3.38. The summed E-state index contributed by atoms with van der Waals surface area (Å²) in [5, 5.41) is 12.9. The van der Waals surface area contributed by atoms with Crippen molar-refractivity contribution >= 4 is 11.9 Å². The molecule has 1 heterocycles. The molecule has 130 valence electrons. The van der Waals surface area contributed by atoms with Crippen LogP contribution in [0.1, 0.15) is 37.7 Å². The predicted molar refractivity (Wildman–Crippen MR) is 83.4 cm³/mol. The third-order valence-corrected chi connectivity index (χ3v) is 4.32. The van der Waals surface area contributed by atoms with E-state index < -0.39 is 24.1 Å². The quantitative estimate of drug-likeness (QED) is 0.787. The van der Waals surface area contributed by atoms with Gasteiger partial charge in [-0.1, -0.05) is 12.5 Å². The van der Waals surface area contributed by atoms with Crippen molar-refractivity contribution < 1.29 is 28.9 Å². The summed E-state index contributed by atoms with van der Waals surface area (Å²) in [7, 11) is 0. The third kappa shape index (κ3) is 3.79. The van der Waals surface area contributed by atoms with Crippen LogP contribution >= 0.6 is 0 Å². The van der Waals surface area contributed by atoms with Crippen LogP contribution in [0.25, 0.3) is 0 Å². The number of ether oxygens (including phenoxy) is 3. The van der Waals surface area contributed by atoms with E-state index in [1.807, 2.05) is 6.07 Å². The Hall–Kier alpha value is -2.28. The second kappa shape index (κ2) is 7.09. The Bertz CT molecular complexity index is 624. The number of fused-ring (bicyclic) bond motifs is 1. The summed E-state index contributed by atoms with van der Waals surface area (Å²) >= 11 is 0. The maximum atomic E-state index is 11.9. The van der Waals surface area contributed by atoms with Crippen LogP contribution in [0, 0.1) is 0 Å². The molecule has 0 saturated heterocycles. The average Bonchev–Trinajstić information content (AvgIpc) is 3.06. The lowest BCUT2D eigenvalue weighted by Crippen LogP contribution is -2.43. The van der Waals surface area contributed by atoms with Crippen molar-refractivity contribution in [3.05, 3.63) is 23.8 Å². The monoisotopic (exact) mass is 335 g/mol. The lowest BCUT2D eigenvalue weighted by Gasteiger charge is -2.29. The van der Waals surface area contributed by atoms with Gasteiger partial charge in [0.15, 0.2) is 23.7 Å². The van der Waals surface area contributed by atoms with Gasteiger partial charge in [-0.3, -0.25) is 4.79 Å². The molecular weight excluding hydrogens is 314 g/mol. The number of amides is 1. The van der Waals surface area contributed by atoms with Crippen molar-refractivity contribution in [2.75, 3.05) is 13.4 Å². The van der Waals surface area contributed by atoms with Gasteiger partial charge in [0.2, 0.25) is 6.79 Å². The van der Waals surface area contributed by atoms with Crippen molar-refractivity contribution in [1.29, 1.82) is 0 Å². The van der Waals surface area contributed by atoms with Gasteiger partial charge in [-0.15, -0.1) is 0 Å². The highest BCUT2D eigenvalue weighted by atomic mass is 16.7. The van der Waals surface area contributed by atoms with Gasteiger partial charge < -0.3 is 24.6 Å². The first kappa shape index (κ1) is 16.6. The second-order valence-electron chi connectivity index (χ2n) is 6.13. The topological polar surface area (TPSA) is 94.1 Å². The Labute approximate surface area is 139 Å². The van der Waals surface area contributed by atoms with Gasteiger partial charge in [-0.25, -0.2) is 4.79 Å². The lowest BCUT2D eigenvalue weighted by atomic mass is 9.85. The van der Waals surface area contributed by atoms with Gasteiger partial charge in [0.1, 0.15) is 0 Å². The first-order valence-electron chi connectivity index (χ1n) is 8.12. The Balaban J connectivity index is 1.43. The number of nitrogens with one attached hydrogen (secondary N) is 1. The fourth-order valence-corrected chi connectivity index (χ4v) is 2.91. The van der Waals surface area contributed by atoms with E-state index in [4.69, 9.17) is 14.2 Å². The summed E-state index contributed by atoms with van der Waals surface area (Å²) in [4.78, 5) is 23.8. The zero-order valence-electron chi connectivity index (χ0n) is 13.4. The number of hydrogen-bond donors (Lipinski definition) is 2. The van der Waals surface area contributed by atoms with E-state index in [0.29, 0.717) is 24.3 Å². The molecule has 0 spiro atoms. The van der Waals surface area contributed by atoms with Gasteiger partial charge in [-0.2, -0.15) is 0 Å². The predicted octanol–water partition coefficient (Wildman–Crippen LogP) is 1.27. The minimum Gasteiger partial charge on any atom is -0.454 e. The molecule has 1 aromatic carbocycles. The SMILES string of the molecule is O=C(COC(=O)C1(O)CCCCC1)NCc1ccc2c(c1)OCO2. The molecule has 0 aromatic heterocycles. The van der Waals surface area contributed by atoms with Crippen molar-refractivity contribution in [2.45, 2.75) is 44.2 Å². The van der Waals surface area contributed by atoms with E-state index in [1.165, 1.54) is 0 Å². The molecule has 1 fully saturated rings. The molecule has 1 aliphatic carbocycles. The van der Waals surface area contributed by atoms with E-state index in [-0.39, 0.29) is 13.3 Å². The zero-order chi connectivity index (χ0) is 17.0. The van der Waals surface area contributed by atoms with Crippen molar-refractivity contribution in [2.24, 2.45) is 0 Å². The minimum atomic E-state index is -1.43. The van der Waals surface area contributed by atoms with Crippen molar-refractivity contribution in [3.8, 4) is 11.5 Å². The van der Waals surface area contributed by atoms with Crippen LogP contribution in [-0.2, 0) is 20.9 Å². The normalized spacial score (nSPS) is 18.0. The van der Waals surface area contributed by atoms with E-state index in [0.717, 1.165) is 24.8 Å². The van der Waals surface area contributed by atoms with E-state index >= 15 is 0 Å². The number of benzene rings is 1. The second-order valence-corrected chi connectivity index (χ2v) is 6.13. The molecule has 0 atom stereocenters. The Morgan fingerprint density at radius 3 is 2.71 bits per heavy atom. The van der Waals surface area contributed by atoms with E-state index in [1.54, 1.807) is 12.1 Å². The van der Waals surface area contributed by atoms with E-state index in [9.17, 15) is 14.7 Å². The molecule has 7 nitrogen and oxygen atoms in total. The van der Waals surface area contributed by atoms with Gasteiger partial charge in [0.25, 0.3) is 5.91 Å². The highest BCUT2D eigenvalue weighted by Gasteiger charge is 2.38. The highest BCUT2D eigenvalue weighted by Crippen LogP contribution is 2.32. The molecular formula is C17H21NO6. The van der Waals surface area contributed by atoms with Crippen molar-refractivity contribution in [1.82, 2.24) is 5.32 Å². The Kier molecular flexibility index (Phi) is 4.89. The van der Waals surface area contributed by atoms with Crippen LogP contribution in [0.4, 0.5) is 0 Å². The van der Waals surface area contributed by atoms with Crippen LogP contribution < -0.4 is 14.8 Å². The summed E-state index contributed by atoms with van der Waals surface area (Å²) in [5.74, 6) is 0.202. The minimum absolute atomic E-state index is 0.198. The number of aliphatic hydroxyl groups is 1. The maximum Gasteiger partial charge on any atom is 0.338 e. The Morgan fingerprint density at radius 1 is 1.17 bits per heavy atom. The largest absolute Gasteiger partial charge is 0.454 e. The van der Waals surface area contributed by atoms with Gasteiger partial charge in [0.05, 0.1) is 0 Å². The van der Waals surface area contributed by atoms with Gasteiger partial charge in [-0.05, 0) is 43.4 Å². The molecule has 3 rings (SSSR count). The fourth-order valence-electron chi connectivity index (χ4n) is 2.91. The number of carbonyl (C=O) groups excluding carboxylic acids is 2. The first-order valence-corrected chi connectivity index (χ1v) is 8.12. The van der Waals surface area contributed by atoms with Gasteiger partial charge >= 0.3 is 5.97 Å².